The summed E-state index contributed by atoms with van der Waals surface area (Å²) in [5.74, 6) is 0. The van der Waals surface area contributed by atoms with Gasteiger partial charge in [-0.2, -0.15) is 10.2 Å². The third-order valence-corrected chi connectivity index (χ3v) is 1.15. The van der Waals surface area contributed by atoms with Gasteiger partial charge >= 0.3 is 0 Å². The zero-order valence-electron chi connectivity index (χ0n) is 6.67. The number of rotatable bonds is 0. The topological polar surface area (TPSA) is 25.8 Å². The molecule has 0 fully saturated rings. The highest BCUT2D eigenvalue weighted by atomic mass is 15.1. The Hall–Kier alpha value is -1.70. The molecule has 0 saturated heterocycles. The van der Waals surface area contributed by atoms with Gasteiger partial charge in [0.05, 0.1) is 0 Å². The standard InChI is InChI=1S/C6H6.C4H4N2/c2*1-2-4-6-5-3-1/h1-6H;1-4H. The molecule has 2 heteroatoms. The van der Waals surface area contributed by atoms with Gasteiger partial charge in [-0.1, -0.05) is 36.4 Å². The fraction of sp³-hybridized carbons (Fsp3) is 0. The number of nitrogens with zero attached hydrogens (tertiary/aromatic N) is 2. The number of aromatic nitrogens is 2. The largest absolute Gasteiger partial charge is 0.159 e. The highest BCUT2D eigenvalue weighted by Crippen LogP contribution is 1.79. The lowest BCUT2D eigenvalue weighted by atomic mass is 10.4. The van der Waals surface area contributed by atoms with Crippen LogP contribution in [0.1, 0.15) is 0 Å². The quantitative estimate of drug-likeness (QED) is 0.587. The summed E-state index contributed by atoms with van der Waals surface area (Å²) in [6, 6.07) is 15.7. The summed E-state index contributed by atoms with van der Waals surface area (Å²) >= 11 is 0. The van der Waals surface area contributed by atoms with E-state index in [4.69, 9.17) is 0 Å². The second kappa shape index (κ2) is 6.04. The molecule has 2 nitrogen and oxygen atoms in total. The lowest BCUT2D eigenvalue weighted by molar-refractivity contribution is 1.03. The van der Waals surface area contributed by atoms with E-state index in [1.165, 1.54) is 0 Å². The van der Waals surface area contributed by atoms with Crippen LogP contribution in [0.5, 0.6) is 0 Å². The average molecular weight is 158 g/mol. The molecule has 0 radical (unpaired) electrons. The first kappa shape index (κ1) is 8.40. The Bertz CT molecular complexity index is 183. The summed E-state index contributed by atoms with van der Waals surface area (Å²) < 4.78 is 0. The van der Waals surface area contributed by atoms with Gasteiger partial charge < -0.3 is 0 Å². The Morgan fingerprint density at radius 3 is 0.917 bits per heavy atom. The van der Waals surface area contributed by atoms with Crippen molar-refractivity contribution in [3.8, 4) is 0 Å². The van der Waals surface area contributed by atoms with Crippen molar-refractivity contribution in [1.29, 1.82) is 0 Å². The van der Waals surface area contributed by atoms with Crippen molar-refractivity contribution >= 4 is 0 Å². The maximum atomic E-state index is 3.53. The molecule has 0 aliphatic rings. The lowest BCUT2D eigenvalue weighted by Crippen LogP contribution is -1.69. The minimum absolute atomic E-state index is 1.64. The van der Waals surface area contributed by atoms with E-state index in [1.54, 1.807) is 12.4 Å². The van der Waals surface area contributed by atoms with Crippen LogP contribution in [0.15, 0.2) is 60.9 Å². The molecule has 0 unspecified atom stereocenters. The summed E-state index contributed by atoms with van der Waals surface area (Å²) in [5.41, 5.74) is 0. The molecule has 1 aromatic carbocycles. The van der Waals surface area contributed by atoms with Crippen molar-refractivity contribution < 1.29 is 0 Å². The van der Waals surface area contributed by atoms with Crippen molar-refractivity contribution in [2.45, 2.75) is 0 Å². The van der Waals surface area contributed by atoms with E-state index >= 15 is 0 Å². The monoisotopic (exact) mass is 158 g/mol. The molecule has 0 spiro atoms. The molecule has 0 bridgehead atoms. The van der Waals surface area contributed by atoms with Gasteiger partial charge in [0.25, 0.3) is 0 Å². The van der Waals surface area contributed by atoms with Crippen molar-refractivity contribution in [3.63, 3.8) is 0 Å². The van der Waals surface area contributed by atoms with Crippen molar-refractivity contribution in [2.24, 2.45) is 0 Å². The van der Waals surface area contributed by atoms with Gasteiger partial charge in [-0.25, -0.2) is 0 Å². The van der Waals surface area contributed by atoms with Crippen LogP contribution < -0.4 is 0 Å². The second-order valence-corrected chi connectivity index (χ2v) is 2.07. The molecule has 1 heterocycles. The molecule has 0 atom stereocenters. The molecule has 0 amide bonds. The van der Waals surface area contributed by atoms with E-state index in [9.17, 15) is 0 Å². The Kier molecular flexibility index (Phi) is 4.23. The average Bonchev–Trinajstić information content (AvgIpc) is 2.24. The molecular weight excluding hydrogens is 148 g/mol. The minimum Gasteiger partial charge on any atom is -0.159 e. The van der Waals surface area contributed by atoms with Gasteiger partial charge in [0, 0.05) is 12.4 Å². The van der Waals surface area contributed by atoms with Gasteiger partial charge in [-0.05, 0) is 12.1 Å². The van der Waals surface area contributed by atoms with Gasteiger partial charge in [-0.3, -0.25) is 0 Å². The van der Waals surface area contributed by atoms with E-state index in [1.807, 2.05) is 48.5 Å². The second-order valence-electron chi connectivity index (χ2n) is 2.07. The molecule has 2 aromatic rings. The molecule has 0 aliphatic heterocycles. The van der Waals surface area contributed by atoms with Crippen LogP contribution in [0.25, 0.3) is 0 Å². The maximum absolute atomic E-state index is 3.53. The van der Waals surface area contributed by atoms with E-state index in [-0.39, 0.29) is 0 Å². The SMILES string of the molecule is c1ccccc1.c1ccnnc1. The van der Waals surface area contributed by atoms with Crippen LogP contribution in [-0.2, 0) is 0 Å². The van der Waals surface area contributed by atoms with Crippen LogP contribution >= 0.6 is 0 Å². The van der Waals surface area contributed by atoms with E-state index in [2.05, 4.69) is 10.2 Å². The molecule has 0 aliphatic carbocycles. The Morgan fingerprint density at radius 1 is 0.417 bits per heavy atom. The van der Waals surface area contributed by atoms with Crippen LogP contribution in [0.4, 0.5) is 0 Å². The summed E-state index contributed by atoms with van der Waals surface area (Å²) in [6.07, 6.45) is 3.28. The van der Waals surface area contributed by atoms with E-state index in [0.29, 0.717) is 0 Å². The summed E-state index contributed by atoms with van der Waals surface area (Å²) in [6.45, 7) is 0. The summed E-state index contributed by atoms with van der Waals surface area (Å²) in [7, 11) is 0. The normalized spacial score (nSPS) is 8.00. The third kappa shape index (κ3) is 4.17. The van der Waals surface area contributed by atoms with E-state index < -0.39 is 0 Å². The Balaban J connectivity index is 0.000000120. The van der Waals surface area contributed by atoms with Gasteiger partial charge in [0.2, 0.25) is 0 Å². The Labute approximate surface area is 71.9 Å². The predicted octanol–water partition coefficient (Wildman–Crippen LogP) is 2.16. The zero-order chi connectivity index (χ0) is 8.49. The molecule has 0 N–H and O–H groups in total. The maximum Gasteiger partial charge on any atom is 0.0496 e. The molecule has 12 heavy (non-hydrogen) atoms. The van der Waals surface area contributed by atoms with Crippen LogP contribution in [0, 0.1) is 0 Å². The van der Waals surface area contributed by atoms with Gasteiger partial charge in [-0.15, -0.1) is 0 Å². The smallest absolute Gasteiger partial charge is 0.0496 e. The Morgan fingerprint density at radius 2 is 0.750 bits per heavy atom. The molecule has 0 saturated carbocycles. The first-order valence-corrected chi connectivity index (χ1v) is 3.72. The lowest BCUT2D eigenvalue weighted by Gasteiger charge is -1.69. The number of hydrogen-bond donors (Lipinski definition) is 0. The fourth-order valence-corrected chi connectivity index (χ4v) is 0.638. The van der Waals surface area contributed by atoms with Crippen LogP contribution in [0.2, 0.25) is 0 Å². The zero-order valence-corrected chi connectivity index (χ0v) is 6.67. The predicted molar refractivity (Wildman–Crippen MR) is 48.5 cm³/mol. The highest BCUT2D eigenvalue weighted by Gasteiger charge is 1.59. The van der Waals surface area contributed by atoms with Crippen molar-refractivity contribution in [1.82, 2.24) is 10.2 Å². The molecule has 60 valence electrons. The first-order chi connectivity index (χ1) is 6.00. The van der Waals surface area contributed by atoms with Gasteiger partial charge in [0.1, 0.15) is 0 Å². The molecule has 2 rings (SSSR count). The van der Waals surface area contributed by atoms with Crippen LogP contribution in [-0.4, -0.2) is 10.2 Å². The van der Waals surface area contributed by atoms with Crippen LogP contribution in [0.3, 0.4) is 0 Å². The van der Waals surface area contributed by atoms with Crippen molar-refractivity contribution in [2.75, 3.05) is 0 Å². The first-order valence-electron chi connectivity index (χ1n) is 3.72. The third-order valence-electron chi connectivity index (χ3n) is 1.15. The molecule has 1 aromatic heterocycles. The fourth-order valence-electron chi connectivity index (χ4n) is 0.638. The summed E-state index contributed by atoms with van der Waals surface area (Å²) in [4.78, 5) is 0. The summed E-state index contributed by atoms with van der Waals surface area (Å²) in [5, 5.41) is 7.07. The number of hydrogen-bond acceptors (Lipinski definition) is 2. The highest BCUT2D eigenvalue weighted by molar-refractivity contribution is 4.99. The molecular formula is C10H10N2. The minimum atomic E-state index is 1.64. The van der Waals surface area contributed by atoms with E-state index in [0.717, 1.165) is 0 Å². The number of benzene rings is 1. The van der Waals surface area contributed by atoms with Crippen molar-refractivity contribution in [3.05, 3.63) is 60.9 Å². The van der Waals surface area contributed by atoms with Gasteiger partial charge in [0.15, 0.2) is 0 Å².